The van der Waals surface area contributed by atoms with Crippen LogP contribution >= 0.6 is 0 Å². The maximum absolute atomic E-state index is 5.44. The van der Waals surface area contributed by atoms with E-state index in [9.17, 15) is 0 Å². The second kappa shape index (κ2) is 3.96. The Kier molecular flexibility index (Phi) is 2.68. The maximum Gasteiger partial charge on any atom is 0.208 e. The van der Waals surface area contributed by atoms with Crippen LogP contribution in [0, 0.1) is 0 Å². The highest BCUT2D eigenvalue weighted by atomic mass is 15.4. The van der Waals surface area contributed by atoms with Crippen molar-refractivity contribution in [2.45, 2.75) is 38.1 Å². The monoisotopic (exact) mass is 182 g/mol. The molecule has 1 saturated carbocycles. The number of hydrogen-bond acceptors (Lipinski definition) is 2. The molecule has 0 aromatic rings. The number of hydrogen-bond donors (Lipinski definition) is 2. The van der Waals surface area contributed by atoms with Gasteiger partial charge in [-0.2, -0.15) is 0 Å². The Balaban J connectivity index is 1.92. The van der Waals surface area contributed by atoms with E-state index in [4.69, 9.17) is 5.84 Å². The molecule has 3 N–H and O–H groups in total. The Labute approximate surface area is 79.2 Å². The van der Waals surface area contributed by atoms with Crippen LogP contribution in [0.15, 0.2) is 4.99 Å². The van der Waals surface area contributed by atoms with Gasteiger partial charge in [0.15, 0.2) is 0 Å². The molecule has 0 bridgehead atoms. The minimum atomic E-state index is 0.520. The third-order valence-electron chi connectivity index (χ3n) is 2.91. The summed E-state index contributed by atoms with van der Waals surface area (Å²) in [6.45, 7) is 2.21. The van der Waals surface area contributed by atoms with E-state index in [1.165, 1.54) is 32.1 Å². The Morgan fingerprint density at radius 3 is 2.38 bits per heavy atom. The van der Waals surface area contributed by atoms with Gasteiger partial charge in [-0.15, -0.1) is 0 Å². The molecule has 0 radical (unpaired) electrons. The van der Waals surface area contributed by atoms with Crippen molar-refractivity contribution < 1.29 is 0 Å². The van der Waals surface area contributed by atoms with E-state index >= 15 is 0 Å². The molecule has 2 fully saturated rings. The van der Waals surface area contributed by atoms with Crippen LogP contribution in [0.3, 0.4) is 0 Å². The lowest BCUT2D eigenvalue weighted by atomic mass is 10.2. The lowest BCUT2D eigenvalue weighted by Gasteiger charge is -2.33. The molecule has 1 aliphatic carbocycles. The molecule has 74 valence electrons. The SMILES string of the molecule is NNC(=NC1CCCC1)N1CCC1. The number of rotatable bonds is 1. The minimum absolute atomic E-state index is 0.520. The van der Waals surface area contributed by atoms with Gasteiger partial charge in [0.2, 0.25) is 5.96 Å². The highest BCUT2D eigenvalue weighted by Crippen LogP contribution is 2.21. The van der Waals surface area contributed by atoms with Gasteiger partial charge in [0.1, 0.15) is 0 Å². The zero-order valence-corrected chi connectivity index (χ0v) is 8.00. The van der Waals surface area contributed by atoms with E-state index in [0.717, 1.165) is 19.0 Å². The fourth-order valence-corrected chi connectivity index (χ4v) is 1.94. The number of aliphatic imine (C=N–C) groups is 1. The summed E-state index contributed by atoms with van der Waals surface area (Å²) in [5.74, 6) is 6.34. The summed E-state index contributed by atoms with van der Waals surface area (Å²) in [5.41, 5.74) is 2.71. The van der Waals surface area contributed by atoms with E-state index in [1.54, 1.807) is 0 Å². The number of hydrazine groups is 1. The number of nitrogens with zero attached hydrogens (tertiary/aromatic N) is 2. The molecule has 0 aromatic heterocycles. The summed E-state index contributed by atoms with van der Waals surface area (Å²) in [6, 6.07) is 0.520. The fraction of sp³-hybridized carbons (Fsp3) is 0.889. The highest BCUT2D eigenvalue weighted by molar-refractivity contribution is 5.80. The predicted molar refractivity (Wildman–Crippen MR) is 53.2 cm³/mol. The zero-order chi connectivity index (χ0) is 9.10. The Hall–Kier alpha value is -0.770. The molecule has 0 spiro atoms. The predicted octanol–water partition coefficient (Wildman–Crippen LogP) is 0.454. The topological polar surface area (TPSA) is 53.6 Å². The van der Waals surface area contributed by atoms with Crippen molar-refractivity contribution in [2.24, 2.45) is 10.8 Å². The summed E-state index contributed by atoms with van der Waals surface area (Å²) in [4.78, 5) is 6.83. The van der Waals surface area contributed by atoms with Gasteiger partial charge < -0.3 is 4.90 Å². The average Bonchev–Trinajstić information content (AvgIpc) is 2.52. The summed E-state index contributed by atoms with van der Waals surface area (Å²) in [7, 11) is 0. The van der Waals surface area contributed by atoms with Gasteiger partial charge in [-0.25, -0.2) is 10.8 Å². The Bertz CT molecular complexity index is 192. The van der Waals surface area contributed by atoms with Gasteiger partial charge in [-0.3, -0.25) is 5.43 Å². The number of nitrogens with two attached hydrogens (primary N) is 1. The Morgan fingerprint density at radius 1 is 1.23 bits per heavy atom. The van der Waals surface area contributed by atoms with Crippen molar-refractivity contribution >= 4 is 5.96 Å². The largest absolute Gasteiger partial charge is 0.342 e. The molecule has 1 saturated heterocycles. The average molecular weight is 182 g/mol. The lowest BCUT2D eigenvalue weighted by Crippen LogP contribution is -2.51. The third-order valence-corrected chi connectivity index (χ3v) is 2.91. The molecule has 4 heteroatoms. The van der Waals surface area contributed by atoms with Crippen molar-refractivity contribution in [2.75, 3.05) is 13.1 Å². The standard InChI is InChI=1S/C9H18N4/c10-12-9(13-6-3-7-13)11-8-4-1-2-5-8/h8H,1-7,10H2,(H,11,12). The molecule has 0 unspecified atom stereocenters. The lowest BCUT2D eigenvalue weighted by molar-refractivity contribution is 0.287. The van der Waals surface area contributed by atoms with Gasteiger partial charge in [0.25, 0.3) is 0 Å². The molecule has 13 heavy (non-hydrogen) atoms. The molecule has 1 heterocycles. The van der Waals surface area contributed by atoms with Crippen LogP contribution in [0.2, 0.25) is 0 Å². The van der Waals surface area contributed by atoms with Gasteiger partial charge >= 0.3 is 0 Å². The second-order valence-corrected chi connectivity index (χ2v) is 3.88. The van der Waals surface area contributed by atoms with Crippen molar-refractivity contribution in [3.63, 3.8) is 0 Å². The Morgan fingerprint density at radius 2 is 1.92 bits per heavy atom. The quantitative estimate of drug-likeness (QED) is 0.268. The molecule has 1 aliphatic heterocycles. The highest BCUT2D eigenvalue weighted by Gasteiger charge is 2.20. The molecule has 0 atom stereocenters. The van der Waals surface area contributed by atoms with Crippen molar-refractivity contribution in [3.8, 4) is 0 Å². The van der Waals surface area contributed by atoms with Crippen LogP contribution in [0.5, 0.6) is 0 Å². The van der Waals surface area contributed by atoms with Gasteiger partial charge in [0.05, 0.1) is 6.04 Å². The maximum atomic E-state index is 5.44. The smallest absolute Gasteiger partial charge is 0.208 e. The van der Waals surface area contributed by atoms with Gasteiger partial charge in [-0.05, 0) is 19.3 Å². The van der Waals surface area contributed by atoms with Crippen LogP contribution in [-0.2, 0) is 0 Å². The van der Waals surface area contributed by atoms with Crippen LogP contribution in [0.25, 0.3) is 0 Å². The molecule has 0 amide bonds. The first-order valence-corrected chi connectivity index (χ1v) is 5.19. The number of guanidine groups is 1. The number of nitrogens with one attached hydrogen (secondary N) is 1. The van der Waals surface area contributed by atoms with Gasteiger partial charge in [0, 0.05) is 13.1 Å². The van der Waals surface area contributed by atoms with E-state index in [2.05, 4.69) is 15.3 Å². The summed E-state index contributed by atoms with van der Waals surface area (Å²) >= 11 is 0. The fourth-order valence-electron chi connectivity index (χ4n) is 1.94. The first-order chi connectivity index (χ1) is 6.40. The van der Waals surface area contributed by atoms with Gasteiger partial charge in [-0.1, -0.05) is 12.8 Å². The van der Waals surface area contributed by atoms with E-state index in [0.29, 0.717) is 6.04 Å². The molecule has 2 rings (SSSR count). The molecular weight excluding hydrogens is 164 g/mol. The molecule has 4 nitrogen and oxygen atoms in total. The molecular formula is C9H18N4. The minimum Gasteiger partial charge on any atom is -0.342 e. The van der Waals surface area contributed by atoms with Crippen molar-refractivity contribution in [3.05, 3.63) is 0 Å². The summed E-state index contributed by atoms with van der Waals surface area (Å²) < 4.78 is 0. The molecule has 2 aliphatic rings. The number of likely N-dealkylation sites (tertiary alicyclic amines) is 1. The zero-order valence-electron chi connectivity index (χ0n) is 8.00. The first-order valence-electron chi connectivity index (χ1n) is 5.19. The van der Waals surface area contributed by atoms with Crippen LogP contribution < -0.4 is 11.3 Å². The second-order valence-electron chi connectivity index (χ2n) is 3.88. The summed E-state index contributed by atoms with van der Waals surface area (Å²) in [5, 5.41) is 0. The summed E-state index contributed by atoms with van der Waals surface area (Å²) in [6.07, 6.45) is 6.39. The van der Waals surface area contributed by atoms with Crippen molar-refractivity contribution in [1.82, 2.24) is 10.3 Å². The van der Waals surface area contributed by atoms with E-state index in [1.807, 2.05) is 0 Å². The first kappa shape index (κ1) is 8.81. The van der Waals surface area contributed by atoms with Crippen LogP contribution in [0.1, 0.15) is 32.1 Å². The van der Waals surface area contributed by atoms with E-state index < -0.39 is 0 Å². The van der Waals surface area contributed by atoms with Crippen molar-refractivity contribution in [1.29, 1.82) is 0 Å². The normalized spacial score (nSPS) is 24.7. The third kappa shape index (κ3) is 1.94. The van der Waals surface area contributed by atoms with E-state index in [-0.39, 0.29) is 0 Å². The van der Waals surface area contributed by atoms with Crippen LogP contribution in [0.4, 0.5) is 0 Å². The molecule has 0 aromatic carbocycles. The van der Waals surface area contributed by atoms with Crippen LogP contribution in [-0.4, -0.2) is 30.0 Å².